The van der Waals surface area contributed by atoms with Gasteiger partial charge in [0.15, 0.2) is 5.65 Å². The molecule has 2 aromatic carbocycles. The van der Waals surface area contributed by atoms with Gasteiger partial charge in [-0.2, -0.15) is 18.3 Å². The van der Waals surface area contributed by atoms with Gasteiger partial charge in [0.05, 0.1) is 12.1 Å². The highest BCUT2D eigenvalue weighted by Crippen LogP contribution is 2.33. The van der Waals surface area contributed by atoms with Crippen molar-refractivity contribution in [3.05, 3.63) is 86.6 Å². The minimum absolute atomic E-state index is 0.134. The monoisotopic (exact) mass is 502 g/mol. The summed E-state index contributed by atoms with van der Waals surface area (Å²) in [7, 11) is 1.44. The van der Waals surface area contributed by atoms with Gasteiger partial charge >= 0.3 is 11.9 Å². The molecule has 4 aromatic rings. The summed E-state index contributed by atoms with van der Waals surface area (Å²) < 4.78 is 43.2. The zero-order valence-electron chi connectivity index (χ0n) is 19.8. The summed E-state index contributed by atoms with van der Waals surface area (Å²) in [4.78, 5) is 27.1. The fourth-order valence-electron chi connectivity index (χ4n) is 3.74. The molecule has 10 heteroatoms. The number of hydrogen-bond acceptors (Lipinski definition) is 4. The van der Waals surface area contributed by atoms with Crippen molar-refractivity contribution in [3.8, 4) is 0 Å². The Labute approximate surface area is 204 Å². The summed E-state index contributed by atoms with van der Waals surface area (Å²) in [6.45, 7) is 6.41. The maximum atomic E-state index is 13.3. The quantitative estimate of drug-likeness (QED) is 0.378. The van der Waals surface area contributed by atoms with Crippen molar-refractivity contribution in [2.75, 3.05) is 0 Å². The van der Waals surface area contributed by atoms with E-state index >= 15 is 0 Å². The number of fused-ring (bicyclic) bond motifs is 1. The summed E-state index contributed by atoms with van der Waals surface area (Å²) in [6, 6.07) is 14.2. The third kappa shape index (κ3) is 5.22. The van der Waals surface area contributed by atoms with Crippen molar-refractivity contribution in [2.24, 2.45) is 12.5 Å². The number of halogens is 3. The molecular formula is C25H25F3N4O2S. The lowest BCUT2D eigenvalue weighted by atomic mass is 9.97. The van der Waals surface area contributed by atoms with Gasteiger partial charge in [-0.3, -0.25) is 18.6 Å². The van der Waals surface area contributed by atoms with E-state index in [0.717, 1.165) is 21.6 Å². The van der Waals surface area contributed by atoms with Crippen LogP contribution in [-0.4, -0.2) is 18.9 Å². The average molecular weight is 503 g/mol. The summed E-state index contributed by atoms with van der Waals surface area (Å²) in [6.07, 6.45) is -4.43. The van der Waals surface area contributed by atoms with Crippen LogP contribution in [0.3, 0.4) is 0 Å². The predicted octanol–water partition coefficient (Wildman–Crippen LogP) is 5.16. The first-order valence-corrected chi connectivity index (χ1v) is 11.8. The molecule has 0 aliphatic carbocycles. The first-order valence-electron chi connectivity index (χ1n) is 10.9. The topological polar surface area (TPSA) is 61.8 Å². The molecule has 0 aliphatic rings. The van der Waals surface area contributed by atoms with Gasteiger partial charge in [0.25, 0.3) is 5.56 Å². The van der Waals surface area contributed by atoms with Crippen molar-refractivity contribution in [3.63, 3.8) is 0 Å². The molecule has 0 bridgehead atoms. The number of alkyl halides is 3. The van der Waals surface area contributed by atoms with Crippen LogP contribution in [0.15, 0.2) is 74.1 Å². The minimum atomic E-state index is -4.43. The molecule has 0 saturated carbocycles. The van der Waals surface area contributed by atoms with Crippen molar-refractivity contribution in [1.82, 2.24) is 18.9 Å². The Morgan fingerprint density at radius 1 is 0.943 bits per heavy atom. The third-order valence-corrected chi connectivity index (χ3v) is 6.50. The SMILES string of the molecule is Cn1c(=O)c2c(Sc3ccccc3)n(Cc3ccc(C(F)(F)F)cc3)nc2n(CC(C)(C)C)c1=O. The molecule has 4 rings (SSSR count). The molecule has 6 nitrogen and oxygen atoms in total. The summed E-state index contributed by atoms with van der Waals surface area (Å²) >= 11 is 1.32. The van der Waals surface area contributed by atoms with E-state index in [2.05, 4.69) is 5.10 Å². The second-order valence-corrected chi connectivity index (χ2v) is 10.6. The van der Waals surface area contributed by atoms with Crippen molar-refractivity contribution >= 4 is 22.8 Å². The molecule has 2 heterocycles. The van der Waals surface area contributed by atoms with E-state index in [-0.39, 0.29) is 17.6 Å². The predicted molar refractivity (Wildman–Crippen MR) is 130 cm³/mol. The Bertz CT molecular complexity index is 1480. The van der Waals surface area contributed by atoms with Crippen LogP contribution in [0, 0.1) is 5.41 Å². The highest BCUT2D eigenvalue weighted by Gasteiger charge is 2.30. The molecule has 2 aromatic heterocycles. The van der Waals surface area contributed by atoms with Gasteiger partial charge in [-0.15, -0.1) is 0 Å². The number of hydrogen-bond donors (Lipinski definition) is 0. The van der Waals surface area contributed by atoms with Crippen LogP contribution in [0.4, 0.5) is 13.2 Å². The van der Waals surface area contributed by atoms with Gasteiger partial charge in [-0.05, 0) is 35.2 Å². The summed E-state index contributed by atoms with van der Waals surface area (Å²) in [5.41, 5.74) is -1.09. The van der Waals surface area contributed by atoms with Crippen LogP contribution < -0.4 is 11.2 Å². The Morgan fingerprint density at radius 3 is 2.14 bits per heavy atom. The van der Waals surface area contributed by atoms with Gasteiger partial charge < -0.3 is 0 Å². The molecule has 0 atom stereocenters. The van der Waals surface area contributed by atoms with Crippen LogP contribution in [0.2, 0.25) is 0 Å². The second-order valence-electron chi connectivity index (χ2n) is 9.56. The zero-order valence-corrected chi connectivity index (χ0v) is 20.6. The molecule has 0 amide bonds. The molecule has 184 valence electrons. The molecule has 35 heavy (non-hydrogen) atoms. The number of benzene rings is 2. The van der Waals surface area contributed by atoms with Gasteiger partial charge in [0, 0.05) is 18.5 Å². The van der Waals surface area contributed by atoms with E-state index in [1.54, 1.807) is 4.68 Å². The Kier molecular flexibility index (Phi) is 6.44. The summed E-state index contributed by atoms with van der Waals surface area (Å²) in [5, 5.41) is 5.47. The summed E-state index contributed by atoms with van der Waals surface area (Å²) in [5.74, 6) is 0. The maximum Gasteiger partial charge on any atom is 0.416 e. The lowest BCUT2D eigenvalue weighted by Crippen LogP contribution is -2.40. The largest absolute Gasteiger partial charge is 0.416 e. The number of nitrogens with zero attached hydrogens (tertiary/aromatic N) is 4. The normalized spacial score (nSPS) is 12.4. The van der Waals surface area contributed by atoms with Crippen LogP contribution in [-0.2, 0) is 26.3 Å². The van der Waals surface area contributed by atoms with Crippen LogP contribution in [0.5, 0.6) is 0 Å². The molecule has 0 N–H and O–H groups in total. The number of rotatable bonds is 5. The van der Waals surface area contributed by atoms with Gasteiger partial charge in [-0.1, -0.05) is 62.9 Å². The fraction of sp³-hybridized carbons (Fsp3) is 0.320. The van der Waals surface area contributed by atoms with E-state index in [1.165, 1.54) is 35.5 Å². The molecule has 0 spiro atoms. The van der Waals surface area contributed by atoms with Gasteiger partial charge in [-0.25, -0.2) is 4.79 Å². The lowest BCUT2D eigenvalue weighted by Gasteiger charge is -2.20. The Morgan fingerprint density at radius 2 is 1.57 bits per heavy atom. The zero-order chi connectivity index (χ0) is 25.5. The van der Waals surface area contributed by atoms with Crippen molar-refractivity contribution in [1.29, 1.82) is 0 Å². The third-order valence-electron chi connectivity index (χ3n) is 5.38. The van der Waals surface area contributed by atoms with Gasteiger partial charge in [0.1, 0.15) is 10.4 Å². The second kappa shape index (κ2) is 9.07. The van der Waals surface area contributed by atoms with Crippen molar-refractivity contribution < 1.29 is 13.2 Å². The fourth-order valence-corrected chi connectivity index (χ4v) is 4.74. The van der Waals surface area contributed by atoms with E-state index in [9.17, 15) is 22.8 Å². The highest BCUT2D eigenvalue weighted by atomic mass is 32.2. The average Bonchev–Trinajstić information content (AvgIpc) is 3.13. The smallest absolute Gasteiger partial charge is 0.275 e. The van der Waals surface area contributed by atoms with Gasteiger partial charge in [0.2, 0.25) is 0 Å². The molecule has 0 radical (unpaired) electrons. The van der Waals surface area contributed by atoms with Crippen LogP contribution in [0.1, 0.15) is 31.9 Å². The first kappa shape index (κ1) is 24.8. The van der Waals surface area contributed by atoms with E-state index < -0.39 is 23.0 Å². The molecule has 0 fully saturated rings. The van der Waals surface area contributed by atoms with E-state index in [4.69, 9.17) is 0 Å². The Hall–Kier alpha value is -3.27. The molecular weight excluding hydrogens is 477 g/mol. The first-order chi connectivity index (χ1) is 16.3. The van der Waals surface area contributed by atoms with Crippen LogP contribution >= 0.6 is 11.8 Å². The molecule has 0 saturated heterocycles. The van der Waals surface area contributed by atoms with Crippen LogP contribution in [0.25, 0.3) is 11.0 Å². The van der Waals surface area contributed by atoms with Crippen molar-refractivity contribution in [2.45, 2.75) is 50.0 Å². The van der Waals surface area contributed by atoms with E-state index in [0.29, 0.717) is 22.5 Å². The Balaban J connectivity index is 1.92. The minimum Gasteiger partial charge on any atom is -0.275 e. The van der Waals surface area contributed by atoms with E-state index in [1.807, 2.05) is 51.1 Å². The standard InChI is InChI=1S/C25H25F3N4O2S/c1-24(2,3)15-31-20-19(21(33)30(4)23(31)34)22(35-18-8-6-5-7-9-18)32(29-20)14-16-10-12-17(13-11-16)25(26,27)28/h5-13H,14-15H2,1-4H3. The number of aromatic nitrogens is 4. The maximum absolute atomic E-state index is 13.3. The molecule has 0 aliphatic heterocycles. The molecule has 0 unspecified atom stereocenters. The highest BCUT2D eigenvalue weighted by molar-refractivity contribution is 7.99. The lowest BCUT2D eigenvalue weighted by molar-refractivity contribution is -0.137.